The van der Waals surface area contributed by atoms with E-state index < -0.39 is 17.7 Å². The Morgan fingerprint density at radius 1 is 1.14 bits per heavy atom. The SMILES string of the molecule is CC(C)(C)OC(=O)N1C[C@H](OC(C)(C)C)C[C@H]1CC(=O)O. The summed E-state index contributed by atoms with van der Waals surface area (Å²) in [5.41, 5.74) is -0.934. The first kappa shape index (κ1) is 17.8. The molecule has 1 heterocycles. The lowest BCUT2D eigenvalue weighted by Gasteiger charge is -2.28. The van der Waals surface area contributed by atoms with Gasteiger partial charge in [-0.1, -0.05) is 0 Å². The largest absolute Gasteiger partial charge is 0.481 e. The molecule has 0 bridgehead atoms. The van der Waals surface area contributed by atoms with Gasteiger partial charge in [-0.2, -0.15) is 0 Å². The van der Waals surface area contributed by atoms with Gasteiger partial charge in [0.15, 0.2) is 0 Å². The van der Waals surface area contributed by atoms with E-state index in [1.54, 1.807) is 20.8 Å². The van der Waals surface area contributed by atoms with Crippen LogP contribution in [-0.4, -0.2) is 52.0 Å². The third-order valence-electron chi connectivity index (χ3n) is 2.93. The molecule has 1 fully saturated rings. The number of likely N-dealkylation sites (tertiary alicyclic amines) is 1. The van der Waals surface area contributed by atoms with Crippen LogP contribution in [0.15, 0.2) is 0 Å². The predicted molar refractivity (Wildman–Crippen MR) is 78.2 cm³/mol. The highest BCUT2D eigenvalue weighted by molar-refractivity contribution is 5.72. The van der Waals surface area contributed by atoms with Crippen LogP contribution in [0.4, 0.5) is 4.79 Å². The van der Waals surface area contributed by atoms with Gasteiger partial charge in [0, 0.05) is 6.04 Å². The fourth-order valence-corrected chi connectivity index (χ4v) is 2.40. The van der Waals surface area contributed by atoms with Gasteiger partial charge >= 0.3 is 12.1 Å². The minimum Gasteiger partial charge on any atom is -0.481 e. The molecule has 0 spiro atoms. The van der Waals surface area contributed by atoms with Crippen LogP contribution in [0.1, 0.15) is 54.4 Å². The summed E-state index contributed by atoms with van der Waals surface area (Å²) in [6.07, 6.45) is -0.220. The highest BCUT2D eigenvalue weighted by Crippen LogP contribution is 2.28. The third-order valence-corrected chi connectivity index (χ3v) is 2.93. The van der Waals surface area contributed by atoms with Crippen molar-refractivity contribution in [2.45, 2.75) is 77.7 Å². The number of ether oxygens (including phenoxy) is 2. The van der Waals surface area contributed by atoms with Gasteiger partial charge < -0.3 is 19.5 Å². The molecular weight excluding hydrogens is 274 g/mol. The van der Waals surface area contributed by atoms with Crippen molar-refractivity contribution in [2.24, 2.45) is 0 Å². The van der Waals surface area contributed by atoms with E-state index in [0.717, 1.165) is 0 Å². The van der Waals surface area contributed by atoms with Crippen molar-refractivity contribution in [1.82, 2.24) is 4.90 Å². The summed E-state index contributed by atoms with van der Waals surface area (Å²) < 4.78 is 11.2. The van der Waals surface area contributed by atoms with Gasteiger partial charge in [-0.05, 0) is 48.0 Å². The maximum absolute atomic E-state index is 12.2. The van der Waals surface area contributed by atoms with Crippen LogP contribution in [-0.2, 0) is 14.3 Å². The molecule has 21 heavy (non-hydrogen) atoms. The van der Waals surface area contributed by atoms with Crippen molar-refractivity contribution in [3.63, 3.8) is 0 Å². The second-order valence-electron chi connectivity index (χ2n) is 7.47. The molecule has 0 aromatic rings. The van der Waals surface area contributed by atoms with Gasteiger partial charge in [-0.3, -0.25) is 4.79 Å². The van der Waals surface area contributed by atoms with Crippen molar-refractivity contribution < 1.29 is 24.2 Å². The number of amides is 1. The zero-order chi connectivity index (χ0) is 16.4. The number of carbonyl (C=O) groups excluding carboxylic acids is 1. The zero-order valence-electron chi connectivity index (χ0n) is 13.8. The maximum atomic E-state index is 12.2. The Hall–Kier alpha value is -1.30. The minimum absolute atomic E-state index is 0.0940. The van der Waals surface area contributed by atoms with Gasteiger partial charge in [0.05, 0.1) is 24.7 Å². The number of carbonyl (C=O) groups is 2. The second kappa shape index (κ2) is 6.22. The normalized spacial score (nSPS) is 23.2. The molecular formula is C15H27NO5. The van der Waals surface area contributed by atoms with Crippen LogP contribution in [0, 0.1) is 0 Å². The molecule has 122 valence electrons. The number of carboxylic acids is 1. The Kier molecular flexibility index (Phi) is 5.25. The average Bonchev–Trinajstić information content (AvgIpc) is 2.54. The van der Waals surface area contributed by atoms with Crippen molar-refractivity contribution in [3.05, 3.63) is 0 Å². The molecule has 6 heteroatoms. The van der Waals surface area contributed by atoms with E-state index in [-0.39, 0.29) is 24.2 Å². The van der Waals surface area contributed by atoms with Crippen LogP contribution >= 0.6 is 0 Å². The van der Waals surface area contributed by atoms with Crippen LogP contribution < -0.4 is 0 Å². The number of hydrogen-bond donors (Lipinski definition) is 1. The quantitative estimate of drug-likeness (QED) is 0.867. The van der Waals surface area contributed by atoms with Crippen molar-refractivity contribution in [3.8, 4) is 0 Å². The maximum Gasteiger partial charge on any atom is 0.410 e. The summed E-state index contributed by atoms with van der Waals surface area (Å²) in [4.78, 5) is 24.7. The molecule has 1 aliphatic heterocycles. The topological polar surface area (TPSA) is 76.1 Å². The van der Waals surface area contributed by atoms with Crippen molar-refractivity contribution in [1.29, 1.82) is 0 Å². The molecule has 1 amide bonds. The highest BCUT2D eigenvalue weighted by Gasteiger charge is 2.40. The van der Waals surface area contributed by atoms with E-state index >= 15 is 0 Å². The number of nitrogens with zero attached hydrogens (tertiary/aromatic N) is 1. The second-order valence-corrected chi connectivity index (χ2v) is 7.47. The van der Waals surface area contributed by atoms with Gasteiger partial charge in [0.25, 0.3) is 0 Å². The van der Waals surface area contributed by atoms with Gasteiger partial charge in [0.1, 0.15) is 5.60 Å². The predicted octanol–water partition coefficient (Wildman–Crippen LogP) is 2.65. The summed E-state index contributed by atoms with van der Waals surface area (Å²) in [6, 6.07) is -0.385. The number of rotatable bonds is 3. The zero-order valence-corrected chi connectivity index (χ0v) is 13.8. The smallest absolute Gasteiger partial charge is 0.410 e. The Bertz CT molecular complexity index is 394. The lowest BCUT2D eigenvalue weighted by atomic mass is 10.1. The Balaban J connectivity index is 2.77. The average molecular weight is 301 g/mol. The summed E-state index contributed by atoms with van der Waals surface area (Å²) >= 11 is 0. The number of aliphatic carboxylic acids is 1. The molecule has 6 nitrogen and oxygen atoms in total. The molecule has 0 unspecified atom stereocenters. The van der Waals surface area contributed by atoms with Crippen LogP contribution in [0.25, 0.3) is 0 Å². The molecule has 0 aromatic heterocycles. The molecule has 1 aliphatic rings. The van der Waals surface area contributed by atoms with E-state index in [9.17, 15) is 9.59 Å². The van der Waals surface area contributed by atoms with Crippen LogP contribution in [0.3, 0.4) is 0 Å². The minimum atomic E-state index is -0.926. The van der Waals surface area contributed by atoms with Crippen molar-refractivity contribution in [2.75, 3.05) is 6.54 Å². The first-order valence-electron chi connectivity index (χ1n) is 7.26. The van der Waals surface area contributed by atoms with E-state index in [0.29, 0.717) is 13.0 Å². The summed E-state index contributed by atoms with van der Waals surface area (Å²) in [6.45, 7) is 11.5. The fourth-order valence-electron chi connectivity index (χ4n) is 2.40. The number of carboxylic acid groups (broad SMARTS) is 1. The molecule has 2 atom stereocenters. The standard InChI is InChI=1S/C15H27NO5/c1-14(2,3)20-11-7-10(8-12(17)18)16(9-11)13(19)21-15(4,5)6/h10-11H,7-9H2,1-6H3,(H,17,18)/t10-,11+/m0/s1. The van der Waals surface area contributed by atoms with Crippen LogP contribution in [0.5, 0.6) is 0 Å². The van der Waals surface area contributed by atoms with Crippen molar-refractivity contribution >= 4 is 12.1 Å². The highest BCUT2D eigenvalue weighted by atomic mass is 16.6. The van der Waals surface area contributed by atoms with E-state index in [1.807, 2.05) is 20.8 Å². The first-order chi connectivity index (χ1) is 9.37. The summed E-state index contributed by atoms with van der Waals surface area (Å²) in [7, 11) is 0. The Labute approximate surface area is 126 Å². The van der Waals surface area contributed by atoms with Gasteiger partial charge in [-0.25, -0.2) is 4.79 Å². The molecule has 0 saturated carbocycles. The van der Waals surface area contributed by atoms with E-state index in [2.05, 4.69) is 0 Å². The molecule has 1 saturated heterocycles. The number of hydrogen-bond acceptors (Lipinski definition) is 4. The Morgan fingerprint density at radius 3 is 2.14 bits per heavy atom. The third kappa shape index (κ3) is 6.33. The van der Waals surface area contributed by atoms with E-state index in [1.165, 1.54) is 4.90 Å². The molecule has 0 aromatic carbocycles. The Morgan fingerprint density at radius 2 is 1.71 bits per heavy atom. The molecule has 0 aliphatic carbocycles. The molecule has 1 rings (SSSR count). The fraction of sp³-hybridized carbons (Fsp3) is 0.867. The molecule has 0 radical (unpaired) electrons. The van der Waals surface area contributed by atoms with Gasteiger partial charge in [0.2, 0.25) is 0 Å². The summed E-state index contributed by atoms with van der Waals surface area (Å²) in [5, 5.41) is 9.01. The van der Waals surface area contributed by atoms with Gasteiger partial charge in [-0.15, -0.1) is 0 Å². The summed E-state index contributed by atoms with van der Waals surface area (Å²) in [5.74, 6) is -0.926. The lowest BCUT2D eigenvalue weighted by Crippen LogP contribution is -2.41. The molecule has 1 N–H and O–H groups in total. The van der Waals surface area contributed by atoms with E-state index in [4.69, 9.17) is 14.6 Å². The first-order valence-corrected chi connectivity index (χ1v) is 7.26. The lowest BCUT2D eigenvalue weighted by molar-refractivity contribution is -0.138. The van der Waals surface area contributed by atoms with Crippen LogP contribution in [0.2, 0.25) is 0 Å². The monoisotopic (exact) mass is 301 g/mol.